The van der Waals surface area contributed by atoms with Crippen LogP contribution in [0.5, 0.6) is 5.75 Å². The molecule has 3 aromatic rings. The van der Waals surface area contributed by atoms with Gasteiger partial charge in [0.05, 0.1) is 25.1 Å². The van der Waals surface area contributed by atoms with Crippen molar-refractivity contribution in [3.05, 3.63) is 89.7 Å². The van der Waals surface area contributed by atoms with Crippen molar-refractivity contribution in [2.24, 2.45) is 0 Å². The van der Waals surface area contributed by atoms with Gasteiger partial charge in [-0.3, -0.25) is 14.4 Å². The summed E-state index contributed by atoms with van der Waals surface area (Å²) in [4.78, 5) is 41.6. The van der Waals surface area contributed by atoms with Gasteiger partial charge < -0.3 is 19.9 Å². The second kappa shape index (κ2) is 13.3. The molecule has 1 fully saturated rings. The van der Waals surface area contributed by atoms with Gasteiger partial charge in [-0.15, -0.1) is 0 Å². The van der Waals surface area contributed by atoms with Crippen molar-refractivity contribution < 1.29 is 40.7 Å². The summed E-state index contributed by atoms with van der Waals surface area (Å²) in [5, 5.41) is 2.56. The lowest BCUT2D eigenvalue weighted by atomic mass is 10.0. The normalized spacial score (nSPS) is 14.7. The summed E-state index contributed by atoms with van der Waals surface area (Å²) in [6.07, 6.45) is -0.253. The highest BCUT2D eigenvalue weighted by Crippen LogP contribution is 2.21. The highest BCUT2D eigenvalue weighted by atomic mass is 32.2. The third kappa shape index (κ3) is 7.70. The lowest BCUT2D eigenvalue weighted by molar-refractivity contribution is -0.139. The molecule has 1 aliphatic rings. The van der Waals surface area contributed by atoms with Crippen molar-refractivity contribution in [1.29, 1.82) is 0 Å². The Morgan fingerprint density at radius 1 is 0.953 bits per heavy atom. The number of carbonyl (C=O) groups excluding carboxylic acids is 3. The van der Waals surface area contributed by atoms with Crippen molar-refractivity contribution in [2.75, 3.05) is 45.2 Å². The molecule has 0 aliphatic carbocycles. The van der Waals surface area contributed by atoms with Gasteiger partial charge in [0, 0.05) is 38.3 Å². The third-order valence-electron chi connectivity index (χ3n) is 6.86. The number of rotatable bonds is 10. The average molecular weight is 619 g/mol. The van der Waals surface area contributed by atoms with Gasteiger partial charge in [0.1, 0.15) is 29.2 Å². The van der Waals surface area contributed by atoms with Gasteiger partial charge >= 0.3 is 0 Å². The Bertz CT molecular complexity index is 1580. The first-order valence-electron chi connectivity index (χ1n) is 13.1. The first-order valence-corrected chi connectivity index (χ1v) is 14.5. The van der Waals surface area contributed by atoms with E-state index in [1.54, 1.807) is 24.3 Å². The molecule has 0 saturated carbocycles. The Morgan fingerprint density at radius 2 is 1.58 bits per heavy atom. The number of sulfonamides is 1. The fourth-order valence-corrected chi connectivity index (χ4v) is 5.94. The molecule has 228 valence electrons. The molecular weight excluding hydrogens is 589 g/mol. The van der Waals surface area contributed by atoms with E-state index in [0.29, 0.717) is 17.5 Å². The highest BCUT2D eigenvalue weighted by Gasteiger charge is 2.34. The number of nitrogens with one attached hydrogen (secondary N) is 1. The number of nitrogens with zero attached hydrogens (tertiary/aromatic N) is 3. The van der Waals surface area contributed by atoms with Gasteiger partial charge in [-0.2, -0.15) is 4.31 Å². The zero-order valence-electron chi connectivity index (χ0n) is 23.3. The van der Waals surface area contributed by atoms with Crippen molar-refractivity contribution in [2.45, 2.75) is 17.4 Å². The van der Waals surface area contributed by atoms with Gasteiger partial charge in [0.15, 0.2) is 0 Å². The van der Waals surface area contributed by atoms with Crippen molar-refractivity contribution in [3.8, 4) is 5.75 Å². The Hall–Kier alpha value is -4.43. The second-order valence-electron chi connectivity index (χ2n) is 9.81. The van der Waals surface area contributed by atoms with Gasteiger partial charge in [-0.05, 0) is 66.2 Å². The minimum atomic E-state index is -4.08. The predicted molar refractivity (Wildman–Crippen MR) is 150 cm³/mol. The molecule has 3 aromatic carbocycles. The number of halogens is 3. The SMILES string of the molecule is COc1ccc(N(C)C(=O)[C@H](Cc2cc(F)cc(F)c2)NC(=O)CN2CCN(S(=O)(=O)c3ccc(F)cc3)CC2=O)cc1. The van der Waals surface area contributed by atoms with E-state index in [0.717, 1.165) is 45.6 Å². The van der Waals surface area contributed by atoms with Gasteiger partial charge in [-0.25, -0.2) is 21.6 Å². The number of hydrogen-bond acceptors (Lipinski definition) is 6. The second-order valence-corrected chi connectivity index (χ2v) is 11.7. The first-order chi connectivity index (χ1) is 20.4. The molecule has 3 amide bonds. The molecule has 14 heteroatoms. The summed E-state index contributed by atoms with van der Waals surface area (Å²) in [5.74, 6) is -3.74. The Kier molecular flexibility index (Phi) is 9.71. The molecule has 1 N–H and O–H groups in total. The highest BCUT2D eigenvalue weighted by molar-refractivity contribution is 7.89. The van der Waals surface area contributed by atoms with Crippen LogP contribution in [0.3, 0.4) is 0 Å². The number of amides is 3. The summed E-state index contributed by atoms with van der Waals surface area (Å²) >= 11 is 0. The summed E-state index contributed by atoms with van der Waals surface area (Å²) in [6, 6.07) is 12.2. The summed E-state index contributed by atoms with van der Waals surface area (Å²) in [6.45, 7) is -1.27. The van der Waals surface area contributed by atoms with E-state index in [1.807, 2.05) is 0 Å². The number of likely N-dealkylation sites (N-methyl/N-ethyl adjacent to an activating group) is 1. The van der Waals surface area contributed by atoms with Crippen molar-refractivity contribution >= 4 is 33.4 Å². The van der Waals surface area contributed by atoms with E-state index in [2.05, 4.69) is 5.32 Å². The molecular formula is C29H29F3N4O6S. The number of methoxy groups -OCH3 is 1. The maximum absolute atomic E-state index is 13.9. The first kappa shape index (κ1) is 31.5. The van der Waals surface area contributed by atoms with Crippen LogP contribution >= 0.6 is 0 Å². The lowest BCUT2D eigenvalue weighted by Gasteiger charge is -2.33. The smallest absolute Gasteiger partial charge is 0.249 e. The third-order valence-corrected chi connectivity index (χ3v) is 8.71. The molecule has 0 radical (unpaired) electrons. The fourth-order valence-electron chi connectivity index (χ4n) is 4.56. The van der Waals surface area contributed by atoms with Crippen LogP contribution in [0.2, 0.25) is 0 Å². The predicted octanol–water partition coefficient (Wildman–Crippen LogP) is 2.34. The van der Waals surface area contributed by atoms with Crippen LogP contribution in [0.1, 0.15) is 5.56 Å². The van der Waals surface area contributed by atoms with E-state index >= 15 is 0 Å². The number of ether oxygens (including phenoxy) is 1. The average Bonchev–Trinajstić information content (AvgIpc) is 2.96. The van der Waals surface area contributed by atoms with Crippen LogP contribution < -0.4 is 15.0 Å². The standard InChI is InChI=1S/C29H29F3N4O6S/c1-34(23-5-7-24(42-2)8-6-23)29(39)26(15-19-13-21(31)16-22(32)14-19)33-27(37)17-35-11-12-36(18-28(35)38)43(40,41)25-9-3-20(30)4-10-25/h3-10,13-14,16,26H,11-12,15,17-18H2,1-2H3,(H,33,37)/t26-/m0/s1. The van der Waals surface area contributed by atoms with Crippen molar-refractivity contribution in [3.63, 3.8) is 0 Å². The summed E-state index contributed by atoms with van der Waals surface area (Å²) in [5.41, 5.74) is 0.583. The molecule has 0 aromatic heterocycles. The van der Waals surface area contributed by atoms with Crippen LogP contribution in [0.4, 0.5) is 18.9 Å². The monoisotopic (exact) mass is 618 g/mol. The molecule has 1 atom stereocenters. The van der Waals surface area contributed by atoms with E-state index in [4.69, 9.17) is 4.74 Å². The molecule has 1 aliphatic heterocycles. The number of anilines is 1. The molecule has 0 spiro atoms. The zero-order chi connectivity index (χ0) is 31.3. The maximum atomic E-state index is 13.9. The molecule has 0 bridgehead atoms. The topological polar surface area (TPSA) is 116 Å². The lowest BCUT2D eigenvalue weighted by Crippen LogP contribution is -2.56. The van der Waals surface area contributed by atoms with E-state index < -0.39 is 64.3 Å². The fraction of sp³-hybridized carbons (Fsp3) is 0.276. The number of carbonyl (C=O) groups is 3. The van der Waals surface area contributed by atoms with Gasteiger partial charge in [0.2, 0.25) is 27.7 Å². The summed E-state index contributed by atoms with van der Waals surface area (Å²) in [7, 11) is -1.12. The molecule has 43 heavy (non-hydrogen) atoms. The van der Waals surface area contributed by atoms with Crippen molar-refractivity contribution in [1.82, 2.24) is 14.5 Å². The number of piperazine rings is 1. The van der Waals surface area contributed by atoms with Crippen LogP contribution in [0.25, 0.3) is 0 Å². The summed E-state index contributed by atoms with van der Waals surface area (Å²) < 4.78 is 72.8. The zero-order valence-corrected chi connectivity index (χ0v) is 24.1. The largest absolute Gasteiger partial charge is 0.497 e. The molecule has 0 unspecified atom stereocenters. The minimum absolute atomic E-state index is 0.119. The van der Waals surface area contributed by atoms with E-state index in [1.165, 1.54) is 19.1 Å². The molecule has 1 saturated heterocycles. The molecule has 4 rings (SSSR count). The molecule has 1 heterocycles. The number of hydrogen-bond donors (Lipinski definition) is 1. The van der Waals surface area contributed by atoms with E-state index in [9.17, 15) is 36.0 Å². The maximum Gasteiger partial charge on any atom is 0.249 e. The van der Waals surface area contributed by atoms with Crippen LogP contribution in [0, 0.1) is 17.5 Å². The van der Waals surface area contributed by atoms with Gasteiger partial charge in [0.25, 0.3) is 0 Å². The van der Waals surface area contributed by atoms with Crippen LogP contribution in [-0.4, -0.2) is 81.7 Å². The molecule has 10 nitrogen and oxygen atoms in total. The van der Waals surface area contributed by atoms with Crippen LogP contribution in [0.15, 0.2) is 71.6 Å². The van der Waals surface area contributed by atoms with E-state index in [-0.39, 0.29) is 30.0 Å². The number of benzene rings is 3. The van der Waals surface area contributed by atoms with Gasteiger partial charge in [-0.1, -0.05) is 0 Å². The Balaban J connectivity index is 1.46. The Morgan fingerprint density at radius 3 is 2.16 bits per heavy atom. The quantitative estimate of drug-likeness (QED) is 0.373. The minimum Gasteiger partial charge on any atom is -0.497 e. The van der Waals surface area contributed by atoms with Crippen LogP contribution in [-0.2, 0) is 30.8 Å². The Labute approximate surface area is 246 Å².